The molecule has 1 amide bonds. The van der Waals surface area contributed by atoms with Crippen molar-refractivity contribution in [3.63, 3.8) is 0 Å². The van der Waals surface area contributed by atoms with Crippen LogP contribution in [0.2, 0.25) is 0 Å². The lowest BCUT2D eigenvalue weighted by atomic mass is 10.0. The van der Waals surface area contributed by atoms with Gasteiger partial charge in [0.1, 0.15) is 6.04 Å². The van der Waals surface area contributed by atoms with Crippen molar-refractivity contribution in [2.24, 2.45) is 0 Å². The second-order valence-electron chi connectivity index (χ2n) is 9.62. The molecular formula is C30H32N4O6S. The second kappa shape index (κ2) is 12.5. The fraction of sp³-hybridized carbons (Fsp3) is 0.267. The number of benzene rings is 3. The number of esters is 1. The lowest BCUT2D eigenvalue weighted by Crippen LogP contribution is -2.45. The molecule has 0 radical (unpaired) electrons. The first kappa shape index (κ1) is 28.3. The number of hydrogen-bond donors (Lipinski definition) is 3. The number of rotatable bonds is 10. The van der Waals surface area contributed by atoms with Crippen molar-refractivity contribution in [2.75, 3.05) is 43.1 Å². The Balaban J connectivity index is 1.37. The van der Waals surface area contributed by atoms with E-state index in [-0.39, 0.29) is 23.5 Å². The Morgan fingerprint density at radius 3 is 2.41 bits per heavy atom. The smallest absolute Gasteiger partial charge is 0.338 e. The fourth-order valence-electron chi connectivity index (χ4n) is 4.75. The van der Waals surface area contributed by atoms with Gasteiger partial charge >= 0.3 is 5.97 Å². The van der Waals surface area contributed by atoms with Gasteiger partial charge in [0.15, 0.2) is 0 Å². The maximum atomic E-state index is 13.5. The fourth-order valence-corrected chi connectivity index (χ4v) is 5.95. The first-order chi connectivity index (χ1) is 19.8. The average Bonchev–Trinajstić information content (AvgIpc) is 3.40. The number of aromatic nitrogens is 1. The van der Waals surface area contributed by atoms with Crippen molar-refractivity contribution in [1.82, 2.24) is 9.71 Å². The zero-order valence-corrected chi connectivity index (χ0v) is 23.4. The molecule has 5 rings (SSSR count). The van der Waals surface area contributed by atoms with Crippen LogP contribution in [-0.4, -0.2) is 64.2 Å². The number of sulfonamides is 1. The number of hydrogen-bond acceptors (Lipinski definition) is 7. The molecule has 41 heavy (non-hydrogen) atoms. The predicted octanol–water partition coefficient (Wildman–Crippen LogP) is 3.71. The number of fused-ring (bicyclic) bond motifs is 1. The van der Waals surface area contributed by atoms with E-state index in [4.69, 9.17) is 9.47 Å². The third kappa shape index (κ3) is 6.76. The van der Waals surface area contributed by atoms with Gasteiger partial charge in [-0.2, -0.15) is 4.72 Å². The highest BCUT2D eigenvalue weighted by Crippen LogP contribution is 2.22. The maximum Gasteiger partial charge on any atom is 0.338 e. The van der Waals surface area contributed by atoms with E-state index in [0.717, 1.165) is 35.2 Å². The number of carbonyl (C=O) groups excluding carboxylic acids is 2. The first-order valence-corrected chi connectivity index (χ1v) is 14.9. The third-order valence-electron chi connectivity index (χ3n) is 6.90. The molecule has 2 heterocycles. The normalized spacial score (nSPS) is 14.5. The molecule has 0 spiro atoms. The Morgan fingerprint density at radius 1 is 1.00 bits per heavy atom. The topological polar surface area (TPSA) is 130 Å². The molecule has 0 bridgehead atoms. The van der Waals surface area contributed by atoms with Crippen LogP contribution < -0.4 is 14.9 Å². The Bertz CT molecular complexity index is 1610. The lowest BCUT2D eigenvalue weighted by Gasteiger charge is -2.29. The van der Waals surface area contributed by atoms with Crippen molar-refractivity contribution in [3.8, 4) is 0 Å². The van der Waals surface area contributed by atoms with Gasteiger partial charge in [-0.3, -0.25) is 4.79 Å². The van der Waals surface area contributed by atoms with E-state index in [2.05, 4.69) is 19.9 Å². The van der Waals surface area contributed by atoms with Gasteiger partial charge in [-0.15, -0.1) is 0 Å². The van der Waals surface area contributed by atoms with E-state index in [0.29, 0.717) is 18.9 Å². The molecule has 4 aromatic rings. The second-order valence-corrected chi connectivity index (χ2v) is 11.3. The molecule has 0 saturated carbocycles. The monoisotopic (exact) mass is 576 g/mol. The van der Waals surface area contributed by atoms with Crippen LogP contribution in [-0.2, 0) is 30.7 Å². The van der Waals surface area contributed by atoms with Crippen LogP contribution in [0.5, 0.6) is 0 Å². The average molecular weight is 577 g/mol. The van der Waals surface area contributed by atoms with Crippen LogP contribution in [0.4, 0.5) is 11.4 Å². The number of nitrogens with zero attached hydrogens (tertiary/aromatic N) is 1. The summed E-state index contributed by atoms with van der Waals surface area (Å²) in [6.07, 6.45) is 1.90. The Kier molecular flexibility index (Phi) is 8.67. The van der Waals surface area contributed by atoms with Gasteiger partial charge in [0.25, 0.3) is 0 Å². The standard InChI is InChI=1S/C30H32N4O6S/c1-2-40-30(36)21-7-13-25(14-8-21)41(37,38)33-28(19-22-20-31-27-6-4-3-5-26(22)27)29(35)32-23-9-11-24(12-10-23)34-15-17-39-18-16-34/h3-14,20,28,31,33H,2,15-19H2,1H3,(H,32,35). The minimum absolute atomic E-state index is 0.0721. The molecule has 1 fully saturated rings. The van der Waals surface area contributed by atoms with Crippen molar-refractivity contribution in [3.05, 3.63) is 90.1 Å². The number of amides is 1. The number of anilines is 2. The van der Waals surface area contributed by atoms with E-state index in [1.54, 1.807) is 25.3 Å². The number of morpholine rings is 1. The number of carbonyl (C=O) groups is 2. The minimum atomic E-state index is -4.12. The summed E-state index contributed by atoms with van der Waals surface area (Å²) in [5.41, 5.74) is 3.49. The van der Waals surface area contributed by atoms with Gasteiger partial charge in [0.2, 0.25) is 15.9 Å². The summed E-state index contributed by atoms with van der Waals surface area (Å²) in [5.74, 6) is -1.04. The Labute approximate surface area is 238 Å². The van der Waals surface area contributed by atoms with Crippen LogP contribution in [0, 0.1) is 0 Å². The molecule has 3 aromatic carbocycles. The van der Waals surface area contributed by atoms with E-state index in [9.17, 15) is 18.0 Å². The lowest BCUT2D eigenvalue weighted by molar-refractivity contribution is -0.117. The molecule has 214 valence electrons. The molecule has 3 N–H and O–H groups in total. The number of para-hydroxylation sites is 1. The largest absolute Gasteiger partial charge is 0.462 e. The van der Waals surface area contributed by atoms with Crippen LogP contribution >= 0.6 is 0 Å². The summed E-state index contributed by atoms with van der Waals surface area (Å²) in [6.45, 7) is 4.82. The molecular weight excluding hydrogens is 544 g/mol. The number of H-pyrrole nitrogens is 1. The molecule has 1 atom stereocenters. The van der Waals surface area contributed by atoms with Crippen molar-refractivity contribution >= 4 is 44.2 Å². The summed E-state index contributed by atoms with van der Waals surface area (Å²) in [5, 5.41) is 3.77. The van der Waals surface area contributed by atoms with Gasteiger partial charge in [-0.25, -0.2) is 13.2 Å². The van der Waals surface area contributed by atoms with Gasteiger partial charge in [-0.1, -0.05) is 18.2 Å². The zero-order valence-electron chi connectivity index (χ0n) is 22.6. The predicted molar refractivity (Wildman–Crippen MR) is 157 cm³/mol. The molecule has 11 heteroatoms. The third-order valence-corrected chi connectivity index (χ3v) is 8.39. The summed E-state index contributed by atoms with van der Waals surface area (Å²) in [6, 6.07) is 19.4. The number of aromatic amines is 1. The van der Waals surface area contributed by atoms with Crippen molar-refractivity contribution in [2.45, 2.75) is 24.3 Å². The van der Waals surface area contributed by atoms with Crippen LogP contribution in [0.15, 0.2) is 83.9 Å². The molecule has 1 saturated heterocycles. The summed E-state index contributed by atoms with van der Waals surface area (Å²) >= 11 is 0. The zero-order chi connectivity index (χ0) is 28.8. The first-order valence-electron chi connectivity index (χ1n) is 13.4. The Hall–Kier alpha value is -4.19. The van der Waals surface area contributed by atoms with E-state index in [1.165, 1.54) is 24.3 Å². The van der Waals surface area contributed by atoms with Gasteiger partial charge in [-0.05, 0) is 73.5 Å². The van der Waals surface area contributed by atoms with Gasteiger partial charge < -0.3 is 24.7 Å². The van der Waals surface area contributed by atoms with Gasteiger partial charge in [0.05, 0.1) is 30.3 Å². The molecule has 1 aliphatic heterocycles. The molecule has 10 nitrogen and oxygen atoms in total. The molecule has 1 unspecified atom stereocenters. The number of ether oxygens (including phenoxy) is 2. The number of nitrogens with one attached hydrogen (secondary N) is 3. The quantitative estimate of drug-likeness (QED) is 0.246. The molecule has 1 aromatic heterocycles. The maximum absolute atomic E-state index is 13.5. The van der Waals surface area contributed by atoms with Gasteiger partial charge in [0, 0.05) is 41.6 Å². The van der Waals surface area contributed by atoms with Crippen LogP contribution in [0.3, 0.4) is 0 Å². The SMILES string of the molecule is CCOC(=O)c1ccc(S(=O)(=O)NC(Cc2c[nH]c3ccccc23)C(=O)Nc2ccc(N3CCOCC3)cc2)cc1. The van der Waals surface area contributed by atoms with E-state index >= 15 is 0 Å². The highest BCUT2D eigenvalue weighted by atomic mass is 32.2. The molecule has 0 aliphatic carbocycles. The summed E-state index contributed by atoms with van der Waals surface area (Å²) < 4.78 is 39.7. The highest BCUT2D eigenvalue weighted by molar-refractivity contribution is 7.89. The summed E-state index contributed by atoms with van der Waals surface area (Å²) in [4.78, 5) is 30.8. The Morgan fingerprint density at radius 2 is 1.71 bits per heavy atom. The highest BCUT2D eigenvalue weighted by Gasteiger charge is 2.27. The molecule has 1 aliphatic rings. The van der Waals surface area contributed by atoms with Crippen molar-refractivity contribution in [1.29, 1.82) is 0 Å². The summed E-state index contributed by atoms with van der Waals surface area (Å²) in [7, 11) is -4.12. The minimum Gasteiger partial charge on any atom is -0.462 e. The van der Waals surface area contributed by atoms with E-state index < -0.39 is 27.9 Å². The van der Waals surface area contributed by atoms with E-state index in [1.807, 2.05) is 36.4 Å². The van der Waals surface area contributed by atoms with Crippen LogP contribution in [0.25, 0.3) is 10.9 Å². The van der Waals surface area contributed by atoms with Crippen LogP contribution in [0.1, 0.15) is 22.8 Å². The van der Waals surface area contributed by atoms with Crippen molar-refractivity contribution < 1.29 is 27.5 Å².